The fourth-order valence-corrected chi connectivity index (χ4v) is 2.54. The molecule has 0 fully saturated rings. The van der Waals surface area contributed by atoms with Gasteiger partial charge in [0.2, 0.25) is 0 Å². The zero-order chi connectivity index (χ0) is 16.2. The third-order valence-corrected chi connectivity index (χ3v) is 3.56. The second-order valence-electron chi connectivity index (χ2n) is 5.91. The van der Waals surface area contributed by atoms with Crippen LogP contribution in [0.15, 0.2) is 30.5 Å². The number of hydrogen-bond acceptors (Lipinski definition) is 5. The Hall–Kier alpha value is -2.08. The number of aromatic nitrogens is 1. The van der Waals surface area contributed by atoms with Crippen LogP contribution < -0.4 is 10.6 Å². The Labute approximate surface area is 134 Å². The standard InChI is InChI=1S/C16H21N3O2S/c1-11-17-9-14(22-11)10-18-12-6-5-7-13(8-12)19-15(20)21-16(2,3)4/h5-9,18H,10H2,1-4H3,(H,19,20). The summed E-state index contributed by atoms with van der Waals surface area (Å²) in [6.45, 7) is 8.20. The van der Waals surface area contributed by atoms with Crippen molar-refractivity contribution in [1.29, 1.82) is 0 Å². The summed E-state index contributed by atoms with van der Waals surface area (Å²) < 4.78 is 5.24. The fourth-order valence-electron chi connectivity index (χ4n) is 1.80. The zero-order valence-corrected chi connectivity index (χ0v) is 14.1. The van der Waals surface area contributed by atoms with Gasteiger partial charge in [-0.15, -0.1) is 11.3 Å². The molecular weight excluding hydrogens is 298 g/mol. The number of benzene rings is 1. The van der Waals surface area contributed by atoms with Gasteiger partial charge in [-0.2, -0.15) is 0 Å². The molecule has 0 radical (unpaired) electrons. The van der Waals surface area contributed by atoms with Gasteiger partial charge in [0.1, 0.15) is 5.60 Å². The molecule has 0 bridgehead atoms. The summed E-state index contributed by atoms with van der Waals surface area (Å²) in [4.78, 5) is 17.2. The number of thiazole rings is 1. The third kappa shape index (κ3) is 5.37. The van der Waals surface area contributed by atoms with Gasteiger partial charge in [-0.05, 0) is 45.9 Å². The predicted octanol–water partition coefficient (Wildman–Crippen LogP) is 4.41. The van der Waals surface area contributed by atoms with Crippen LogP contribution in [0.3, 0.4) is 0 Å². The largest absolute Gasteiger partial charge is 0.444 e. The molecule has 1 aromatic heterocycles. The first-order chi connectivity index (χ1) is 10.3. The Bertz CT molecular complexity index is 647. The van der Waals surface area contributed by atoms with Gasteiger partial charge in [0.05, 0.1) is 11.6 Å². The lowest BCUT2D eigenvalue weighted by molar-refractivity contribution is 0.0636. The number of nitrogens with zero attached hydrogens (tertiary/aromatic N) is 1. The number of amides is 1. The zero-order valence-electron chi connectivity index (χ0n) is 13.3. The number of carbonyl (C=O) groups is 1. The lowest BCUT2D eigenvalue weighted by Gasteiger charge is -2.19. The highest BCUT2D eigenvalue weighted by atomic mass is 32.1. The number of anilines is 2. The fraction of sp³-hybridized carbons (Fsp3) is 0.375. The van der Waals surface area contributed by atoms with Crippen LogP contribution in [0.5, 0.6) is 0 Å². The van der Waals surface area contributed by atoms with Crippen LogP contribution in [-0.4, -0.2) is 16.7 Å². The summed E-state index contributed by atoms with van der Waals surface area (Å²) in [7, 11) is 0. The molecule has 0 saturated heterocycles. The number of ether oxygens (including phenoxy) is 1. The van der Waals surface area contributed by atoms with Crippen LogP contribution >= 0.6 is 11.3 Å². The van der Waals surface area contributed by atoms with Crippen molar-refractivity contribution in [3.05, 3.63) is 40.3 Å². The molecule has 1 aromatic carbocycles. The second kappa shape index (κ2) is 6.79. The molecule has 2 N–H and O–H groups in total. The predicted molar refractivity (Wildman–Crippen MR) is 90.5 cm³/mol. The van der Waals surface area contributed by atoms with Crippen LogP contribution in [0.25, 0.3) is 0 Å². The summed E-state index contributed by atoms with van der Waals surface area (Å²) in [6.07, 6.45) is 1.42. The quantitative estimate of drug-likeness (QED) is 0.876. The average Bonchev–Trinajstić information content (AvgIpc) is 2.80. The van der Waals surface area contributed by atoms with Crippen molar-refractivity contribution in [3.8, 4) is 0 Å². The molecule has 0 atom stereocenters. The van der Waals surface area contributed by atoms with Crippen LogP contribution in [0.1, 0.15) is 30.7 Å². The Kier molecular flexibility index (Phi) is 5.03. The highest BCUT2D eigenvalue weighted by Crippen LogP contribution is 2.19. The lowest BCUT2D eigenvalue weighted by Crippen LogP contribution is -2.27. The Morgan fingerprint density at radius 1 is 1.32 bits per heavy atom. The minimum atomic E-state index is -0.510. The minimum Gasteiger partial charge on any atom is -0.444 e. The molecule has 1 heterocycles. The maximum absolute atomic E-state index is 11.8. The van der Waals surface area contributed by atoms with Crippen molar-refractivity contribution < 1.29 is 9.53 Å². The maximum Gasteiger partial charge on any atom is 0.412 e. The van der Waals surface area contributed by atoms with Crippen molar-refractivity contribution in [2.75, 3.05) is 10.6 Å². The van der Waals surface area contributed by atoms with Crippen molar-refractivity contribution in [3.63, 3.8) is 0 Å². The highest BCUT2D eigenvalue weighted by Gasteiger charge is 2.16. The number of aryl methyl sites for hydroxylation is 1. The first-order valence-corrected chi connectivity index (χ1v) is 7.89. The molecule has 0 saturated carbocycles. The van der Waals surface area contributed by atoms with E-state index in [1.54, 1.807) is 11.3 Å². The Morgan fingerprint density at radius 3 is 2.68 bits per heavy atom. The van der Waals surface area contributed by atoms with E-state index in [9.17, 15) is 4.79 Å². The molecule has 0 aliphatic carbocycles. The van der Waals surface area contributed by atoms with E-state index in [-0.39, 0.29) is 0 Å². The molecule has 2 aromatic rings. The van der Waals surface area contributed by atoms with E-state index in [0.717, 1.165) is 10.7 Å². The number of hydrogen-bond donors (Lipinski definition) is 2. The monoisotopic (exact) mass is 319 g/mol. The minimum absolute atomic E-state index is 0.456. The molecule has 0 aliphatic rings. The SMILES string of the molecule is Cc1ncc(CNc2cccc(NC(=O)OC(C)(C)C)c2)s1. The van der Waals surface area contributed by atoms with E-state index in [1.807, 2.05) is 58.2 Å². The molecule has 0 aliphatic heterocycles. The topological polar surface area (TPSA) is 63.2 Å². The number of nitrogens with one attached hydrogen (secondary N) is 2. The van der Waals surface area contributed by atoms with Gasteiger partial charge < -0.3 is 10.1 Å². The Morgan fingerprint density at radius 2 is 2.05 bits per heavy atom. The van der Waals surface area contributed by atoms with Gasteiger partial charge in [-0.25, -0.2) is 9.78 Å². The number of rotatable bonds is 4. The molecule has 0 unspecified atom stereocenters. The van der Waals surface area contributed by atoms with Crippen molar-refractivity contribution in [2.45, 2.75) is 39.8 Å². The number of carbonyl (C=O) groups excluding carboxylic acids is 1. The maximum atomic E-state index is 11.8. The molecule has 1 amide bonds. The molecule has 6 heteroatoms. The van der Waals surface area contributed by atoms with Gasteiger partial charge in [-0.1, -0.05) is 6.07 Å². The van der Waals surface area contributed by atoms with E-state index < -0.39 is 11.7 Å². The van der Waals surface area contributed by atoms with Gasteiger partial charge in [-0.3, -0.25) is 5.32 Å². The van der Waals surface area contributed by atoms with Crippen LogP contribution in [0.2, 0.25) is 0 Å². The van der Waals surface area contributed by atoms with Gasteiger partial charge >= 0.3 is 6.09 Å². The van der Waals surface area contributed by atoms with E-state index in [0.29, 0.717) is 12.2 Å². The third-order valence-electron chi connectivity index (χ3n) is 2.64. The molecule has 0 spiro atoms. The smallest absolute Gasteiger partial charge is 0.412 e. The first-order valence-electron chi connectivity index (χ1n) is 7.07. The van der Waals surface area contributed by atoms with Gasteiger partial charge in [0.15, 0.2) is 0 Å². The van der Waals surface area contributed by atoms with Gasteiger partial charge in [0, 0.05) is 22.4 Å². The van der Waals surface area contributed by atoms with Crippen LogP contribution in [-0.2, 0) is 11.3 Å². The summed E-state index contributed by atoms with van der Waals surface area (Å²) >= 11 is 1.66. The normalized spacial score (nSPS) is 11.1. The van der Waals surface area contributed by atoms with E-state index in [1.165, 1.54) is 4.88 Å². The Balaban J connectivity index is 1.93. The molecule has 5 nitrogen and oxygen atoms in total. The average molecular weight is 319 g/mol. The molecular formula is C16H21N3O2S. The van der Waals surface area contributed by atoms with Crippen LogP contribution in [0, 0.1) is 6.92 Å². The van der Waals surface area contributed by atoms with E-state index >= 15 is 0 Å². The molecule has 2 rings (SSSR count). The van der Waals surface area contributed by atoms with E-state index in [2.05, 4.69) is 15.6 Å². The van der Waals surface area contributed by atoms with E-state index in [4.69, 9.17) is 4.74 Å². The van der Waals surface area contributed by atoms with Crippen LogP contribution in [0.4, 0.5) is 16.2 Å². The summed E-state index contributed by atoms with van der Waals surface area (Å²) in [6, 6.07) is 7.53. The highest BCUT2D eigenvalue weighted by molar-refractivity contribution is 7.11. The first kappa shape index (κ1) is 16.3. The molecule has 118 valence electrons. The summed E-state index contributed by atoms with van der Waals surface area (Å²) in [5.74, 6) is 0. The van der Waals surface area contributed by atoms with Gasteiger partial charge in [0.25, 0.3) is 0 Å². The van der Waals surface area contributed by atoms with Crippen molar-refractivity contribution in [1.82, 2.24) is 4.98 Å². The second-order valence-corrected chi connectivity index (χ2v) is 7.23. The lowest BCUT2D eigenvalue weighted by atomic mass is 10.2. The van der Waals surface area contributed by atoms with Crippen molar-refractivity contribution >= 4 is 28.8 Å². The molecule has 22 heavy (non-hydrogen) atoms. The van der Waals surface area contributed by atoms with Crippen molar-refractivity contribution in [2.24, 2.45) is 0 Å². The summed E-state index contributed by atoms with van der Waals surface area (Å²) in [5.41, 5.74) is 1.11. The summed E-state index contributed by atoms with van der Waals surface area (Å²) in [5, 5.41) is 7.10.